The second-order valence-corrected chi connectivity index (χ2v) is 6.90. The maximum absolute atomic E-state index is 12.3. The van der Waals surface area contributed by atoms with Crippen molar-refractivity contribution in [2.24, 2.45) is 0 Å². The van der Waals surface area contributed by atoms with E-state index >= 15 is 0 Å². The van der Waals surface area contributed by atoms with Crippen LogP contribution in [0.3, 0.4) is 0 Å². The van der Waals surface area contributed by atoms with Crippen molar-refractivity contribution in [3.05, 3.63) is 53.6 Å². The highest BCUT2D eigenvalue weighted by Crippen LogP contribution is 2.21. The molecule has 0 aliphatic rings. The van der Waals surface area contributed by atoms with Crippen LogP contribution in [-0.2, 0) is 10.0 Å². The van der Waals surface area contributed by atoms with Crippen molar-refractivity contribution in [2.45, 2.75) is 18.7 Å². The molecule has 6 heteroatoms. The Morgan fingerprint density at radius 1 is 0.955 bits per heavy atom. The van der Waals surface area contributed by atoms with Crippen molar-refractivity contribution in [3.63, 3.8) is 0 Å². The van der Waals surface area contributed by atoms with Crippen LogP contribution in [0, 0.1) is 0 Å². The maximum Gasteiger partial charge on any atom is 0.261 e. The largest absolute Gasteiger partial charge is 0.372 e. The molecule has 0 aromatic heterocycles. The molecule has 22 heavy (non-hydrogen) atoms. The molecule has 4 nitrogen and oxygen atoms in total. The summed E-state index contributed by atoms with van der Waals surface area (Å²) in [7, 11) is -3.60. The van der Waals surface area contributed by atoms with Crippen LogP contribution in [0.4, 0.5) is 11.4 Å². The van der Waals surface area contributed by atoms with Crippen molar-refractivity contribution < 1.29 is 8.42 Å². The van der Waals surface area contributed by atoms with Crippen LogP contribution in [0.2, 0.25) is 5.02 Å². The summed E-state index contributed by atoms with van der Waals surface area (Å²) in [5.41, 5.74) is 1.60. The Bertz CT molecular complexity index is 709. The van der Waals surface area contributed by atoms with Gasteiger partial charge in [0.15, 0.2) is 0 Å². The molecular formula is C16H19ClN2O2S. The van der Waals surface area contributed by atoms with E-state index in [0.29, 0.717) is 10.7 Å². The molecule has 0 atom stereocenters. The molecule has 0 unspecified atom stereocenters. The summed E-state index contributed by atoms with van der Waals surface area (Å²) >= 11 is 5.78. The molecule has 0 aliphatic heterocycles. The van der Waals surface area contributed by atoms with Gasteiger partial charge >= 0.3 is 0 Å². The van der Waals surface area contributed by atoms with E-state index in [0.717, 1.165) is 18.8 Å². The third kappa shape index (κ3) is 3.93. The molecule has 2 aromatic carbocycles. The van der Waals surface area contributed by atoms with Gasteiger partial charge in [-0.2, -0.15) is 0 Å². The number of nitrogens with zero attached hydrogens (tertiary/aromatic N) is 1. The van der Waals surface area contributed by atoms with Crippen LogP contribution < -0.4 is 9.62 Å². The van der Waals surface area contributed by atoms with Gasteiger partial charge in [-0.3, -0.25) is 4.72 Å². The van der Waals surface area contributed by atoms with Gasteiger partial charge < -0.3 is 4.90 Å². The Morgan fingerprint density at radius 2 is 1.50 bits per heavy atom. The van der Waals surface area contributed by atoms with Crippen molar-refractivity contribution in [2.75, 3.05) is 22.7 Å². The number of sulfonamides is 1. The number of hydrogen-bond acceptors (Lipinski definition) is 3. The van der Waals surface area contributed by atoms with E-state index in [1.165, 1.54) is 12.1 Å². The first-order chi connectivity index (χ1) is 10.5. The van der Waals surface area contributed by atoms with E-state index in [-0.39, 0.29) is 4.90 Å². The number of hydrogen-bond donors (Lipinski definition) is 1. The zero-order chi connectivity index (χ0) is 16.2. The van der Waals surface area contributed by atoms with Gasteiger partial charge in [0.05, 0.1) is 4.90 Å². The summed E-state index contributed by atoms with van der Waals surface area (Å²) < 4.78 is 27.1. The Kier molecular flexibility index (Phi) is 5.32. The lowest BCUT2D eigenvalue weighted by molar-refractivity contribution is 0.601. The Hall–Kier alpha value is -1.72. The quantitative estimate of drug-likeness (QED) is 0.866. The van der Waals surface area contributed by atoms with E-state index in [4.69, 9.17) is 11.6 Å². The van der Waals surface area contributed by atoms with Gasteiger partial charge in [-0.1, -0.05) is 11.6 Å². The molecule has 2 rings (SSSR count). The van der Waals surface area contributed by atoms with Crippen molar-refractivity contribution >= 4 is 33.0 Å². The molecule has 118 valence electrons. The first-order valence-corrected chi connectivity index (χ1v) is 8.95. The highest BCUT2D eigenvalue weighted by Gasteiger charge is 2.14. The van der Waals surface area contributed by atoms with E-state index in [9.17, 15) is 8.42 Å². The zero-order valence-corrected chi connectivity index (χ0v) is 14.2. The minimum Gasteiger partial charge on any atom is -0.372 e. The number of halogens is 1. The van der Waals surface area contributed by atoms with Gasteiger partial charge in [0.2, 0.25) is 0 Å². The van der Waals surface area contributed by atoms with E-state index in [1.807, 2.05) is 12.1 Å². The van der Waals surface area contributed by atoms with Gasteiger partial charge in [0.25, 0.3) is 10.0 Å². The summed E-state index contributed by atoms with van der Waals surface area (Å²) in [5, 5.41) is 0.502. The Labute approximate surface area is 136 Å². The van der Waals surface area contributed by atoms with Gasteiger partial charge in [-0.25, -0.2) is 8.42 Å². The van der Waals surface area contributed by atoms with Crippen LogP contribution in [-0.4, -0.2) is 21.5 Å². The minimum absolute atomic E-state index is 0.185. The molecule has 1 N–H and O–H groups in total. The summed E-state index contributed by atoms with van der Waals surface area (Å²) in [6.45, 7) is 5.99. The number of rotatable bonds is 6. The number of anilines is 2. The molecular weight excluding hydrogens is 320 g/mol. The first kappa shape index (κ1) is 16.6. The second kappa shape index (κ2) is 7.03. The smallest absolute Gasteiger partial charge is 0.261 e. The van der Waals surface area contributed by atoms with E-state index < -0.39 is 10.0 Å². The van der Waals surface area contributed by atoms with E-state index in [1.54, 1.807) is 24.3 Å². The first-order valence-electron chi connectivity index (χ1n) is 7.09. The highest BCUT2D eigenvalue weighted by molar-refractivity contribution is 7.92. The topological polar surface area (TPSA) is 49.4 Å². The zero-order valence-electron chi connectivity index (χ0n) is 12.6. The normalized spacial score (nSPS) is 11.2. The van der Waals surface area contributed by atoms with Crippen molar-refractivity contribution in [3.8, 4) is 0 Å². The average Bonchev–Trinajstić information content (AvgIpc) is 2.50. The average molecular weight is 339 g/mol. The Morgan fingerprint density at radius 3 is 2.00 bits per heavy atom. The van der Waals surface area contributed by atoms with Gasteiger partial charge in [0.1, 0.15) is 0 Å². The Balaban J connectivity index is 2.18. The molecule has 0 spiro atoms. The summed E-state index contributed by atoms with van der Waals surface area (Å²) in [6.07, 6.45) is 0. The second-order valence-electron chi connectivity index (χ2n) is 4.78. The van der Waals surface area contributed by atoms with Crippen LogP contribution >= 0.6 is 11.6 Å². The minimum atomic E-state index is -3.60. The van der Waals surface area contributed by atoms with Crippen LogP contribution in [0.25, 0.3) is 0 Å². The monoisotopic (exact) mass is 338 g/mol. The van der Waals surface area contributed by atoms with Crippen LogP contribution in [0.5, 0.6) is 0 Å². The molecule has 0 fully saturated rings. The molecule has 0 aliphatic carbocycles. The molecule has 0 heterocycles. The predicted molar refractivity (Wildman–Crippen MR) is 92.3 cm³/mol. The van der Waals surface area contributed by atoms with Crippen molar-refractivity contribution in [1.29, 1.82) is 0 Å². The molecule has 2 aromatic rings. The van der Waals surface area contributed by atoms with Gasteiger partial charge in [-0.05, 0) is 62.4 Å². The summed E-state index contributed by atoms with van der Waals surface area (Å²) in [5.74, 6) is 0. The summed E-state index contributed by atoms with van der Waals surface area (Å²) in [4.78, 5) is 2.38. The highest BCUT2D eigenvalue weighted by atomic mass is 35.5. The number of nitrogens with one attached hydrogen (secondary N) is 1. The fourth-order valence-corrected chi connectivity index (χ4v) is 3.34. The molecule has 0 radical (unpaired) electrons. The SMILES string of the molecule is CCN(CC)c1ccc(NS(=O)(=O)c2ccc(Cl)cc2)cc1. The van der Waals surface area contributed by atoms with Gasteiger partial charge in [-0.15, -0.1) is 0 Å². The lowest BCUT2D eigenvalue weighted by Gasteiger charge is -2.21. The van der Waals surface area contributed by atoms with Crippen LogP contribution in [0.1, 0.15) is 13.8 Å². The maximum atomic E-state index is 12.3. The third-order valence-corrected chi connectivity index (χ3v) is 5.02. The fourth-order valence-electron chi connectivity index (χ4n) is 2.16. The number of benzene rings is 2. The predicted octanol–water partition coefficient (Wildman–Crippen LogP) is 3.99. The standard InChI is InChI=1S/C16H19ClN2O2S/c1-3-19(4-2)15-9-7-14(8-10-15)18-22(20,21)16-11-5-13(17)6-12-16/h5-12,18H,3-4H2,1-2H3. The van der Waals surface area contributed by atoms with E-state index in [2.05, 4.69) is 23.5 Å². The lowest BCUT2D eigenvalue weighted by atomic mass is 10.2. The van der Waals surface area contributed by atoms with Crippen molar-refractivity contribution in [1.82, 2.24) is 0 Å². The molecule has 0 bridgehead atoms. The van der Waals surface area contributed by atoms with Crippen LogP contribution in [0.15, 0.2) is 53.4 Å². The lowest BCUT2D eigenvalue weighted by Crippen LogP contribution is -2.21. The molecule has 0 saturated carbocycles. The summed E-state index contributed by atoms with van der Waals surface area (Å²) in [6, 6.07) is 13.4. The molecule has 0 saturated heterocycles. The third-order valence-electron chi connectivity index (χ3n) is 3.37. The fraction of sp³-hybridized carbons (Fsp3) is 0.250. The molecule has 0 amide bonds. The van der Waals surface area contributed by atoms with Gasteiger partial charge in [0, 0.05) is 29.5 Å².